The molecule has 0 bridgehead atoms. The number of anilines is 1. The number of carbonyl (C=O) groups excluding carboxylic acids is 1. The zero-order valence-corrected chi connectivity index (χ0v) is 12.3. The van der Waals surface area contributed by atoms with Gasteiger partial charge in [0.2, 0.25) is 0 Å². The van der Waals surface area contributed by atoms with Gasteiger partial charge < -0.3 is 5.32 Å². The summed E-state index contributed by atoms with van der Waals surface area (Å²) < 4.78 is 14.6. The second kappa shape index (κ2) is 5.72. The lowest BCUT2D eigenvalue weighted by Crippen LogP contribution is -2.13. The molecule has 98 valence electrons. The second-order valence-electron chi connectivity index (χ2n) is 4.02. The van der Waals surface area contributed by atoms with E-state index in [4.69, 9.17) is 11.6 Å². The van der Waals surface area contributed by atoms with E-state index in [-0.39, 0.29) is 16.6 Å². The lowest BCUT2D eigenvalue weighted by atomic mass is 10.1. The summed E-state index contributed by atoms with van der Waals surface area (Å²) in [6.45, 7) is 1.88. The number of nitrogens with one attached hydrogen (secondary N) is 1. The Kier molecular flexibility index (Phi) is 4.22. The van der Waals surface area contributed by atoms with E-state index in [1.54, 1.807) is 24.3 Å². The van der Waals surface area contributed by atoms with Crippen molar-refractivity contribution in [2.45, 2.75) is 6.92 Å². The number of halogens is 3. The summed E-state index contributed by atoms with van der Waals surface area (Å²) in [5, 5.41) is 2.48. The van der Waals surface area contributed by atoms with E-state index in [1.165, 1.54) is 12.1 Å². The molecular weight excluding hydrogens is 333 g/mol. The fourth-order valence-electron chi connectivity index (χ4n) is 1.58. The minimum Gasteiger partial charge on any atom is -0.319 e. The molecular formula is C14H10BrClFNO. The maximum Gasteiger partial charge on any atom is 0.255 e. The molecule has 0 unspecified atom stereocenters. The third kappa shape index (κ3) is 3.14. The highest BCUT2D eigenvalue weighted by atomic mass is 79.9. The molecule has 0 aliphatic heterocycles. The van der Waals surface area contributed by atoms with Crippen LogP contribution in [0, 0.1) is 12.7 Å². The van der Waals surface area contributed by atoms with Crippen molar-refractivity contribution in [2.75, 3.05) is 5.32 Å². The zero-order valence-electron chi connectivity index (χ0n) is 10.0. The molecule has 1 amide bonds. The fraction of sp³-hybridized carbons (Fsp3) is 0.0714. The highest BCUT2D eigenvalue weighted by molar-refractivity contribution is 9.10. The van der Waals surface area contributed by atoms with Crippen LogP contribution in [0.3, 0.4) is 0 Å². The van der Waals surface area contributed by atoms with Gasteiger partial charge in [0.15, 0.2) is 5.82 Å². The van der Waals surface area contributed by atoms with Crippen LogP contribution in [0.1, 0.15) is 15.9 Å². The Labute approximate surface area is 123 Å². The lowest BCUT2D eigenvalue weighted by Gasteiger charge is -2.08. The van der Waals surface area contributed by atoms with Crippen LogP contribution in [-0.2, 0) is 0 Å². The van der Waals surface area contributed by atoms with Crippen LogP contribution in [-0.4, -0.2) is 5.91 Å². The van der Waals surface area contributed by atoms with Crippen LogP contribution in [0.4, 0.5) is 10.1 Å². The predicted molar refractivity (Wildman–Crippen MR) is 78.2 cm³/mol. The van der Waals surface area contributed by atoms with Gasteiger partial charge in [-0.05, 0) is 42.8 Å². The molecule has 19 heavy (non-hydrogen) atoms. The van der Waals surface area contributed by atoms with E-state index in [0.717, 1.165) is 10.0 Å². The first-order valence-electron chi connectivity index (χ1n) is 5.50. The van der Waals surface area contributed by atoms with Gasteiger partial charge in [-0.3, -0.25) is 4.79 Å². The molecule has 0 saturated heterocycles. The first-order valence-corrected chi connectivity index (χ1v) is 6.67. The Hall–Kier alpha value is -1.39. The van der Waals surface area contributed by atoms with Crippen LogP contribution >= 0.6 is 27.5 Å². The third-order valence-corrected chi connectivity index (χ3v) is 3.80. The Bertz CT molecular complexity index is 645. The Morgan fingerprint density at radius 1 is 1.32 bits per heavy atom. The molecule has 1 N–H and O–H groups in total. The van der Waals surface area contributed by atoms with Crippen molar-refractivity contribution in [2.24, 2.45) is 0 Å². The molecule has 5 heteroatoms. The molecule has 2 nitrogen and oxygen atoms in total. The van der Waals surface area contributed by atoms with Crippen molar-refractivity contribution in [1.29, 1.82) is 0 Å². The maximum absolute atomic E-state index is 13.7. The zero-order chi connectivity index (χ0) is 14.0. The summed E-state index contributed by atoms with van der Waals surface area (Å²) in [6, 6.07) is 9.63. The molecule has 0 atom stereocenters. The van der Waals surface area contributed by atoms with E-state index < -0.39 is 5.82 Å². The minimum absolute atomic E-state index is 0.0233. The van der Waals surface area contributed by atoms with Crippen LogP contribution in [0.2, 0.25) is 5.02 Å². The molecule has 0 aliphatic carbocycles. The van der Waals surface area contributed by atoms with Crippen molar-refractivity contribution in [1.82, 2.24) is 0 Å². The number of amides is 1. The molecule has 0 spiro atoms. The molecule has 0 saturated carbocycles. The lowest BCUT2D eigenvalue weighted by molar-refractivity contribution is 0.102. The van der Waals surface area contributed by atoms with Gasteiger partial charge in [-0.1, -0.05) is 33.6 Å². The topological polar surface area (TPSA) is 29.1 Å². The SMILES string of the molecule is Cc1cc(C(=O)Nc2cccc(Cl)c2F)ccc1Br. The van der Waals surface area contributed by atoms with Gasteiger partial charge >= 0.3 is 0 Å². The molecule has 0 radical (unpaired) electrons. The van der Waals surface area contributed by atoms with Crippen molar-refractivity contribution in [3.05, 3.63) is 62.8 Å². The summed E-state index contributed by atoms with van der Waals surface area (Å²) >= 11 is 9.01. The number of hydrogen-bond acceptors (Lipinski definition) is 1. The van der Waals surface area contributed by atoms with Crippen molar-refractivity contribution >= 4 is 39.1 Å². The molecule has 0 heterocycles. The Morgan fingerprint density at radius 2 is 2.05 bits per heavy atom. The largest absolute Gasteiger partial charge is 0.319 e. The fourth-order valence-corrected chi connectivity index (χ4v) is 2.00. The number of benzene rings is 2. The summed E-state index contributed by atoms with van der Waals surface area (Å²) in [5.41, 5.74) is 1.46. The van der Waals surface area contributed by atoms with Crippen LogP contribution in [0.15, 0.2) is 40.9 Å². The number of carbonyl (C=O) groups is 1. The van der Waals surface area contributed by atoms with Gasteiger partial charge in [0.1, 0.15) is 0 Å². The number of hydrogen-bond donors (Lipinski definition) is 1. The van der Waals surface area contributed by atoms with Crippen LogP contribution < -0.4 is 5.32 Å². The predicted octanol–water partition coefficient (Wildman–Crippen LogP) is 4.80. The third-order valence-electron chi connectivity index (χ3n) is 2.62. The van der Waals surface area contributed by atoms with Crippen molar-refractivity contribution in [3.63, 3.8) is 0 Å². The standard InChI is InChI=1S/C14H10BrClFNO/c1-8-7-9(5-6-10(8)15)14(19)18-12-4-2-3-11(16)13(12)17/h2-7H,1H3,(H,18,19). The average molecular weight is 343 g/mol. The second-order valence-corrected chi connectivity index (χ2v) is 5.28. The van der Waals surface area contributed by atoms with Crippen molar-refractivity contribution in [3.8, 4) is 0 Å². The normalized spacial score (nSPS) is 10.3. The first-order chi connectivity index (χ1) is 8.99. The average Bonchev–Trinajstić information content (AvgIpc) is 2.38. The van der Waals surface area contributed by atoms with Gasteiger partial charge in [-0.2, -0.15) is 0 Å². The van der Waals surface area contributed by atoms with Gasteiger partial charge in [-0.15, -0.1) is 0 Å². The molecule has 2 rings (SSSR count). The highest BCUT2D eigenvalue weighted by Gasteiger charge is 2.11. The van der Waals surface area contributed by atoms with Gasteiger partial charge in [0.25, 0.3) is 5.91 Å². The molecule has 0 aromatic heterocycles. The quantitative estimate of drug-likeness (QED) is 0.834. The van der Waals surface area contributed by atoms with Crippen LogP contribution in [0.5, 0.6) is 0 Å². The molecule has 0 fully saturated rings. The van der Waals surface area contributed by atoms with E-state index in [2.05, 4.69) is 21.2 Å². The molecule has 2 aromatic rings. The van der Waals surface area contributed by atoms with Gasteiger partial charge in [0, 0.05) is 10.0 Å². The first kappa shape index (κ1) is 14.0. The van der Waals surface area contributed by atoms with E-state index in [1.807, 2.05) is 6.92 Å². The summed E-state index contributed by atoms with van der Waals surface area (Å²) in [5.74, 6) is -1.01. The van der Waals surface area contributed by atoms with Gasteiger partial charge in [0.05, 0.1) is 10.7 Å². The maximum atomic E-state index is 13.7. The van der Waals surface area contributed by atoms with Crippen LogP contribution in [0.25, 0.3) is 0 Å². The summed E-state index contributed by atoms with van der Waals surface area (Å²) in [4.78, 5) is 12.0. The Balaban J connectivity index is 2.26. The number of aryl methyl sites for hydroxylation is 1. The summed E-state index contributed by atoms with van der Waals surface area (Å²) in [7, 11) is 0. The van der Waals surface area contributed by atoms with Crippen molar-refractivity contribution < 1.29 is 9.18 Å². The summed E-state index contributed by atoms with van der Waals surface area (Å²) in [6.07, 6.45) is 0. The smallest absolute Gasteiger partial charge is 0.255 e. The van der Waals surface area contributed by atoms with E-state index in [0.29, 0.717) is 5.56 Å². The molecule has 2 aromatic carbocycles. The molecule has 0 aliphatic rings. The number of rotatable bonds is 2. The van der Waals surface area contributed by atoms with E-state index >= 15 is 0 Å². The van der Waals surface area contributed by atoms with E-state index in [9.17, 15) is 9.18 Å². The monoisotopic (exact) mass is 341 g/mol. The Morgan fingerprint density at radius 3 is 2.74 bits per heavy atom. The van der Waals surface area contributed by atoms with Gasteiger partial charge in [-0.25, -0.2) is 4.39 Å². The minimum atomic E-state index is -0.633. The highest BCUT2D eigenvalue weighted by Crippen LogP contribution is 2.23.